The number of nitrogens with zero attached hydrogens (tertiary/aromatic N) is 2. The van der Waals surface area contributed by atoms with Crippen LogP contribution in [0, 0.1) is 5.82 Å². The van der Waals surface area contributed by atoms with E-state index in [1.165, 1.54) is 42.8 Å². The molecule has 2 N–H and O–H groups in total. The summed E-state index contributed by atoms with van der Waals surface area (Å²) in [6.07, 6.45) is 0.564. The average molecular weight is 481 g/mol. The predicted octanol–water partition coefficient (Wildman–Crippen LogP) is 7.32. The molecule has 0 radical (unpaired) electrons. The smallest absolute Gasteiger partial charge is 0.406 e. The highest BCUT2D eigenvalue weighted by Crippen LogP contribution is 2.30. The van der Waals surface area contributed by atoms with E-state index in [9.17, 15) is 17.6 Å². The third kappa shape index (κ3) is 6.47. The zero-order valence-electron chi connectivity index (χ0n) is 17.4. The number of hydrogen-bond acceptors (Lipinski definition) is 5. The monoisotopic (exact) mass is 480 g/mol. The lowest BCUT2D eigenvalue weighted by molar-refractivity contribution is -0.274. The molecule has 1 fully saturated rings. The highest BCUT2D eigenvalue weighted by atomic mass is 35.5. The summed E-state index contributed by atoms with van der Waals surface area (Å²) in [5.74, 6) is -0.174. The SMILES string of the molecule is Fc1ccc(Nc2cc(-c3cccc(OC(F)(F)F)c3)nc(NC3CCCCC3)n2)cc1Cl. The Morgan fingerprint density at radius 1 is 0.970 bits per heavy atom. The average Bonchev–Trinajstić information content (AvgIpc) is 2.76. The van der Waals surface area contributed by atoms with E-state index in [2.05, 4.69) is 25.3 Å². The standard InChI is InChI=1S/C23H21ClF4N4O/c24-18-12-16(9-10-19(18)25)29-21-13-20(14-5-4-8-17(11-14)33-23(26,27)28)31-22(32-21)30-15-6-2-1-3-7-15/h4-5,8-13,15H,1-3,6-7H2,(H2,29,30,31,32). The van der Waals surface area contributed by atoms with E-state index < -0.39 is 12.2 Å². The Morgan fingerprint density at radius 2 is 1.76 bits per heavy atom. The Bertz CT molecular complexity index is 1120. The van der Waals surface area contributed by atoms with Gasteiger partial charge >= 0.3 is 6.36 Å². The summed E-state index contributed by atoms with van der Waals surface area (Å²) in [4.78, 5) is 9.02. The van der Waals surface area contributed by atoms with Crippen molar-refractivity contribution in [2.45, 2.75) is 44.5 Å². The largest absolute Gasteiger partial charge is 0.573 e. The van der Waals surface area contributed by atoms with Crippen molar-refractivity contribution < 1.29 is 22.3 Å². The first-order valence-electron chi connectivity index (χ1n) is 10.5. The molecule has 174 valence electrons. The fourth-order valence-corrected chi connectivity index (χ4v) is 3.91. The highest BCUT2D eigenvalue weighted by Gasteiger charge is 2.31. The van der Waals surface area contributed by atoms with Gasteiger partial charge in [0.05, 0.1) is 10.7 Å². The zero-order valence-corrected chi connectivity index (χ0v) is 18.2. The molecule has 0 amide bonds. The maximum absolute atomic E-state index is 13.5. The first kappa shape index (κ1) is 23.1. The van der Waals surface area contributed by atoms with Crippen LogP contribution in [0.5, 0.6) is 5.75 Å². The van der Waals surface area contributed by atoms with Crippen LogP contribution in [0.3, 0.4) is 0 Å². The van der Waals surface area contributed by atoms with Gasteiger partial charge in [0.25, 0.3) is 0 Å². The minimum Gasteiger partial charge on any atom is -0.406 e. The molecule has 0 unspecified atom stereocenters. The number of anilines is 3. The third-order valence-corrected chi connectivity index (χ3v) is 5.51. The van der Waals surface area contributed by atoms with Crippen LogP contribution in [0.4, 0.5) is 35.0 Å². The molecule has 3 aromatic rings. The first-order valence-corrected chi connectivity index (χ1v) is 10.9. The van der Waals surface area contributed by atoms with Crippen LogP contribution >= 0.6 is 11.6 Å². The Morgan fingerprint density at radius 3 is 2.48 bits per heavy atom. The van der Waals surface area contributed by atoms with Crippen molar-refractivity contribution in [1.82, 2.24) is 9.97 Å². The second kappa shape index (κ2) is 9.82. The molecule has 5 nitrogen and oxygen atoms in total. The van der Waals surface area contributed by atoms with Crippen LogP contribution in [0.15, 0.2) is 48.5 Å². The molecule has 1 aliphatic carbocycles. The van der Waals surface area contributed by atoms with Crippen LogP contribution in [0.1, 0.15) is 32.1 Å². The Balaban J connectivity index is 1.67. The van der Waals surface area contributed by atoms with Gasteiger partial charge in [-0.05, 0) is 43.2 Å². The lowest BCUT2D eigenvalue weighted by atomic mass is 9.96. The van der Waals surface area contributed by atoms with Crippen molar-refractivity contribution in [3.63, 3.8) is 0 Å². The van der Waals surface area contributed by atoms with Crippen molar-refractivity contribution in [2.24, 2.45) is 0 Å². The summed E-state index contributed by atoms with van der Waals surface area (Å²) in [7, 11) is 0. The first-order chi connectivity index (χ1) is 15.7. The van der Waals surface area contributed by atoms with Gasteiger partial charge in [0.2, 0.25) is 5.95 Å². The molecule has 2 aromatic carbocycles. The third-order valence-electron chi connectivity index (χ3n) is 5.22. The number of hydrogen-bond donors (Lipinski definition) is 2. The quantitative estimate of drug-likeness (QED) is 0.362. The van der Waals surface area contributed by atoms with Gasteiger partial charge in [0.1, 0.15) is 17.4 Å². The number of alkyl halides is 3. The van der Waals surface area contributed by atoms with Gasteiger partial charge in [-0.1, -0.05) is 43.0 Å². The van der Waals surface area contributed by atoms with E-state index in [0.717, 1.165) is 25.7 Å². The minimum absolute atomic E-state index is 0.0492. The molecule has 1 aromatic heterocycles. The summed E-state index contributed by atoms with van der Waals surface area (Å²) in [6.45, 7) is 0. The molecule has 0 atom stereocenters. The minimum atomic E-state index is -4.80. The molecule has 0 saturated heterocycles. The van der Waals surface area contributed by atoms with Crippen LogP contribution in [-0.4, -0.2) is 22.4 Å². The lowest BCUT2D eigenvalue weighted by Gasteiger charge is -2.23. The molecule has 0 aliphatic heterocycles. The van der Waals surface area contributed by atoms with E-state index in [0.29, 0.717) is 28.7 Å². The second-order valence-electron chi connectivity index (χ2n) is 7.77. The molecule has 10 heteroatoms. The summed E-state index contributed by atoms with van der Waals surface area (Å²) < 4.78 is 55.5. The summed E-state index contributed by atoms with van der Waals surface area (Å²) in [5, 5.41) is 6.34. The Labute approximate surface area is 193 Å². The fraction of sp³-hybridized carbons (Fsp3) is 0.304. The number of ether oxygens (including phenoxy) is 1. The molecular weight excluding hydrogens is 460 g/mol. The van der Waals surface area contributed by atoms with Crippen LogP contribution in [0.2, 0.25) is 5.02 Å². The van der Waals surface area contributed by atoms with Gasteiger partial charge in [-0.15, -0.1) is 13.2 Å². The number of aromatic nitrogens is 2. The maximum Gasteiger partial charge on any atom is 0.573 e. The lowest BCUT2D eigenvalue weighted by Crippen LogP contribution is -2.23. The van der Waals surface area contributed by atoms with Crippen LogP contribution < -0.4 is 15.4 Å². The van der Waals surface area contributed by atoms with Gasteiger partial charge in [-0.2, -0.15) is 4.98 Å². The topological polar surface area (TPSA) is 59.1 Å². The highest BCUT2D eigenvalue weighted by molar-refractivity contribution is 6.31. The van der Waals surface area contributed by atoms with Crippen molar-refractivity contribution in [3.05, 3.63) is 59.4 Å². The molecular formula is C23H21ClF4N4O. The van der Waals surface area contributed by atoms with E-state index in [1.807, 2.05) is 0 Å². The van der Waals surface area contributed by atoms with Crippen molar-refractivity contribution in [2.75, 3.05) is 10.6 Å². The summed E-state index contributed by atoms with van der Waals surface area (Å²) in [5.41, 5.74) is 1.32. The number of rotatable bonds is 6. The second-order valence-corrected chi connectivity index (χ2v) is 8.18. The molecule has 1 aliphatic rings. The van der Waals surface area contributed by atoms with E-state index in [4.69, 9.17) is 11.6 Å². The maximum atomic E-state index is 13.5. The van der Waals surface area contributed by atoms with Gasteiger partial charge in [0, 0.05) is 23.4 Å². The van der Waals surface area contributed by atoms with Crippen LogP contribution in [-0.2, 0) is 0 Å². The number of halogens is 5. The normalized spacial score (nSPS) is 14.7. The molecule has 0 spiro atoms. The molecule has 4 rings (SSSR count). The molecule has 0 bridgehead atoms. The van der Waals surface area contributed by atoms with E-state index in [-0.39, 0.29) is 16.8 Å². The zero-order chi connectivity index (χ0) is 23.4. The van der Waals surface area contributed by atoms with Gasteiger partial charge in [-0.3, -0.25) is 0 Å². The Hall–Kier alpha value is -3.07. The Kier molecular flexibility index (Phi) is 6.88. The molecule has 33 heavy (non-hydrogen) atoms. The number of nitrogens with one attached hydrogen (secondary N) is 2. The summed E-state index contributed by atoms with van der Waals surface area (Å²) in [6, 6.07) is 11.5. The molecule has 1 saturated carbocycles. The summed E-state index contributed by atoms with van der Waals surface area (Å²) >= 11 is 5.87. The van der Waals surface area contributed by atoms with Crippen molar-refractivity contribution >= 4 is 29.1 Å². The van der Waals surface area contributed by atoms with E-state index >= 15 is 0 Å². The van der Waals surface area contributed by atoms with Crippen molar-refractivity contribution in [3.8, 4) is 17.0 Å². The van der Waals surface area contributed by atoms with E-state index in [1.54, 1.807) is 12.1 Å². The predicted molar refractivity (Wildman–Crippen MR) is 119 cm³/mol. The van der Waals surface area contributed by atoms with Gasteiger partial charge < -0.3 is 15.4 Å². The van der Waals surface area contributed by atoms with Crippen LogP contribution in [0.25, 0.3) is 11.3 Å². The molecule has 1 heterocycles. The van der Waals surface area contributed by atoms with Gasteiger partial charge in [0.15, 0.2) is 0 Å². The van der Waals surface area contributed by atoms with Crippen molar-refractivity contribution in [1.29, 1.82) is 0 Å². The van der Waals surface area contributed by atoms with Gasteiger partial charge in [-0.25, -0.2) is 9.37 Å². The number of benzene rings is 2. The fourth-order valence-electron chi connectivity index (χ4n) is 3.73.